The Morgan fingerprint density at radius 2 is 2.03 bits per heavy atom. The summed E-state index contributed by atoms with van der Waals surface area (Å²) in [5.74, 6) is 0.510. The molecular formula is C22H23ClN4O3. The maximum absolute atomic E-state index is 12.9. The van der Waals surface area contributed by atoms with Crippen LogP contribution in [0.1, 0.15) is 28.4 Å². The molecule has 1 atom stereocenters. The largest absolute Gasteiger partial charge is 0.493 e. The third-order valence-electron chi connectivity index (χ3n) is 5.24. The maximum atomic E-state index is 12.9. The number of aromatic amines is 1. The Bertz CT molecular complexity index is 1050. The number of pyridine rings is 1. The first-order valence-electron chi connectivity index (χ1n) is 9.67. The molecule has 1 aromatic carbocycles. The molecule has 7 nitrogen and oxygen atoms in total. The first kappa shape index (κ1) is 20.3. The van der Waals surface area contributed by atoms with Crippen molar-refractivity contribution in [3.63, 3.8) is 0 Å². The lowest BCUT2D eigenvalue weighted by Crippen LogP contribution is -2.35. The Hall–Kier alpha value is -3.03. The lowest BCUT2D eigenvalue weighted by molar-refractivity contribution is 0.0935. The monoisotopic (exact) mass is 426 g/mol. The highest BCUT2D eigenvalue weighted by atomic mass is 35.5. The van der Waals surface area contributed by atoms with Gasteiger partial charge in [0.1, 0.15) is 0 Å². The van der Waals surface area contributed by atoms with Gasteiger partial charge in [-0.2, -0.15) is 0 Å². The molecule has 0 saturated carbocycles. The average molecular weight is 427 g/mol. The summed E-state index contributed by atoms with van der Waals surface area (Å²) in [5.41, 5.74) is 4.57. The summed E-state index contributed by atoms with van der Waals surface area (Å²) in [7, 11) is 3.24. The zero-order valence-electron chi connectivity index (χ0n) is 16.8. The van der Waals surface area contributed by atoms with Crippen LogP contribution in [0.15, 0.2) is 42.7 Å². The van der Waals surface area contributed by atoms with Crippen LogP contribution in [-0.2, 0) is 4.74 Å². The van der Waals surface area contributed by atoms with Gasteiger partial charge in [0.05, 0.1) is 34.8 Å². The van der Waals surface area contributed by atoms with Crippen molar-refractivity contribution in [1.82, 2.24) is 15.3 Å². The normalized spacial score (nSPS) is 15.4. The van der Waals surface area contributed by atoms with Gasteiger partial charge in [0.25, 0.3) is 5.91 Å². The van der Waals surface area contributed by atoms with Gasteiger partial charge in [0.15, 0.2) is 5.75 Å². The Kier molecular flexibility index (Phi) is 5.92. The number of halogens is 1. The van der Waals surface area contributed by atoms with Gasteiger partial charge in [-0.15, -0.1) is 0 Å². The van der Waals surface area contributed by atoms with Crippen LogP contribution in [0.25, 0.3) is 11.3 Å². The predicted octanol–water partition coefficient (Wildman–Crippen LogP) is 4.35. The second-order valence-corrected chi connectivity index (χ2v) is 7.44. The highest BCUT2D eigenvalue weighted by Crippen LogP contribution is 2.42. The molecule has 3 heterocycles. The third-order valence-corrected chi connectivity index (χ3v) is 5.54. The maximum Gasteiger partial charge on any atom is 0.255 e. The summed E-state index contributed by atoms with van der Waals surface area (Å²) in [5, 5.41) is 6.88. The second kappa shape index (κ2) is 8.77. The van der Waals surface area contributed by atoms with Crippen LogP contribution in [0.4, 0.5) is 11.4 Å². The number of carbonyl (C=O) groups is 1. The molecule has 3 N–H and O–H groups in total. The number of hydrogen-bond donors (Lipinski definition) is 3. The van der Waals surface area contributed by atoms with Gasteiger partial charge in [0.2, 0.25) is 0 Å². The number of carbonyl (C=O) groups excluding carboxylic acids is 1. The van der Waals surface area contributed by atoms with Gasteiger partial charge in [-0.05, 0) is 30.7 Å². The van der Waals surface area contributed by atoms with Crippen molar-refractivity contribution in [2.24, 2.45) is 0 Å². The van der Waals surface area contributed by atoms with Crippen molar-refractivity contribution in [2.75, 3.05) is 32.7 Å². The summed E-state index contributed by atoms with van der Waals surface area (Å²) < 4.78 is 10.7. The van der Waals surface area contributed by atoms with E-state index in [-0.39, 0.29) is 11.8 Å². The molecule has 0 fully saturated rings. The highest BCUT2D eigenvalue weighted by Gasteiger charge is 2.32. The minimum Gasteiger partial charge on any atom is -0.493 e. The molecular weight excluding hydrogens is 404 g/mol. The first-order valence-corrected chi connectivity index (χ1v) is 10.0. The van der Waals surface area contributed by atoms with Crippen molar-refractivity contribution in [1.29, 1.82) is 0 Å². The number of hydrogen-bond acceptors (Lipinski definition) is 5. The average Bonchev–Trinajstić information content (AvgIpc) is 3.14. The van der Waals surface area contributed by atoms with E-state index >= 15 is 0 Å². The standard InChI is InChI=1S/C22H23ClN4O3/c1-29-11-8-14-12-25-22(28)17-18(14)27-19(13-6-9-24-10-7-13)20(17)26-16-5-3-4-15(23)21(16)30-2/h3-7,9-10,14,26-27H,8,11-12H2,1-2H3,(H,25,28). The number of H-pyrrole nitrogens is 1. The fourth-order valence-electron chi connectivity index (χ4n) is 3.78. The zero-order chi connectivity index (χ0) is 21.1. The summed E-state index contributed by atoms with van der Waals surface area (Å²) in [4.78, 5) is 20.5. The number of methoxy groups -OCH3 is 2. The van der Waals surface area contributed by atoms with E-state index in [4.69, 9.17) is 21.1 Å². The van der Waals surface area contributed by atoms with Crippen molar-refractivity contribution in [2.45, 2.75) is 12.3 Å². The number of para-hydroxylation sites is 1. The molecule has 0 aliphatic carbocycles. The van der Waals surface area contributed by atoms with Crippen LogP contribution < -0.4 is 15.4 Å². The Labute approximate surface area is 179 Å². The van der Waals surface area contributed by atoms with Gasteiger partial charge in [-0.1, -0.05) is 17.7 Å². The van der Waals surface area contributed by atoms with Crippen molar-refractivity contribution < 1.29 is 14.3 Å². The number of rotatable bonds is 7. The lowest BCUT2D eigenvalue weighted by atomic mass is 9.94. The number of nitrogens with zero attached hydrogens (tertiary/aromatic N) is 1. The molecule has 0 radical (unpaired) electrons. The summed E-state index contributed by atoms with van der Waals surface area (Å²) >= 11 is 6.30. The topological polar surface area (TPSA) is 88.3 Å². The summed E-state index contributed by atoms with van der Waals surface area (Å²) in [6.07, 6.45) is 4.24. The molecule has 1 unspecified atom stereocenters. The number of amides is 1. The summed E-state index contributed by atoms with van der Waals surface area (Å²) in [6, 6.07) is 9.26. The van der Waals surface area contributed by atoms with E-state index in [2.05, 4.69) is 20.6 Å². The second-order valence-electron chi connectivity index (χ2n) is 7.03. The number of ether oxygens (including phenoxy) is 2. The molecule has 0 bridgehead atoms. The van der Waals surface area contributed by atoms with E-state index in [0.29, 0.717) is 40.9 Å². The number of nitrogens with one attached hydrogen (secondary N) is 3. The van der Waals surface area contributed by atoms with E-state index in [1.54, 1.807) is 32.7 Å². The highest BCUT2D eigenvalue weighted by molar-refractivity contribution is 6.32. The van der Waals surface area contributed by atoms with Gasteiger partial charge in [-0.3, -0.25) is 9.78 Å². The van der Waals surface area contributed by atoms with Gasteiger partial charge >= 0.3 is 0 Å². The van der Waals surface area contributed by atoms with Crippen molar-refractivity contribution in [3.8, 4) is 17.0 Å². The SMILES string of the molecule is COCCC1CNC(=O)c2c1[nH]c(-c1ccncc1)c2Nc1cccc(Cl)c1OC. The molecule has 4 rings (SSSR count). The van der Waals surface area contributed by atoms with Gasteiger partial charge in [-0.25, -0.2) is 0 Å². The fourth-order valence-corrected chi connectivity index (χ4v) is 4.04. The molecule has 156 valence electrons. The van der Waals surface area contributed by atoms with E-state index < -0.39 is 0 Å². The van der Waals surface area contributed by atoms with Crippen LogP contribution in [-0.4, -0.2) is 43.2 Å². The fraction of sp³-hybridized carbons (Fsp3) is 0.273. The lowest BCUT2D eigenvalue weighted by Gasteiger charge is -2.23. The molecule has 0 saturated heterocycles. The quantitative estimate of drug-likeness (QED) is 0.522. The third kappa shape index (κ3) is 3.74. The van der Waals surface area contributed by atoms with Gasteiger partial charge in [0, 0.05) is 49.8 Å². The predicted molar refractivity (Wildman–Crippen MR) is 117 cm³/mol. The molecule has 0 spiro atoms. The molecule has 1 amide bonds. The van der Waals surface area contributed by atoms with Crippen LogP contribution in [0, 0.1) is 0 Å². The first-order chi connectivity index (χ1) is 14.6. The van der Waals surface area contributed by atoms with Crippen LogP contribution >= 0.6 is 11.6 Å². The number of fused-ring (bicyclic) bond motifs is 1. The minimum absolute atomic E-state index is 0.120. The zero-order valence-corrected chi connectivity index (χ0v) is 17.5. The van der Waals surface area contributed by atoms with E-state index in [1.807, 2.05) is 24.3 Å². The van der Waals surface area contributed by atoms with E-state index in [0.717, 1.165) is 23.4 Å². The minimum atomic E-state index is -0.126. The van der Waals surface area contributed by atoms with E-state index in [1.165, 1.54) is 0 Å². The van der Waals surface area contributed by atoms with Crippen molar-refractivity contribution in [3.05, 3.63) is 59.0 Å². The summed E-state index contributed by atoms with van der Waals surface area (Å²) in [6.45, 7) is 1.17. The molecule has 3 aromatic rings. The Morgan fingerprint density at radius 3 is 2.77 bits per heavy atom. The number of anilines is 2. The molecule has 8 heteroatoms. The number of benzene rings is 1. The molecule has 1 aliphatic heterocycles. The van der Waals surface area contributed by atoms with E-state index in [9.17, 15) is 4.79 Å². The van der Waals surface area contributed by atoms with Crippen LogP contribution in [0.5, 0.6) is 5.75 Å². The van der Waals surface area contributed by atoms with Crippen LogP contribution in [0.2, 0.25) is 5.02 Å². The van der Waals surface area contributed by atoms with Crippen LogP contribution in [0.3, 0.4) is 0 Å². The molecule has 30 heavy (non-hydrogen) atoms. The smallest absolute Gasteiger partial charge is 0.255 e. The Morgan fingerprint density at radius 1 is 1.23 bits per heavy atom. The van der Waals surface area contributed by atoms with Gasteiger partial charge < -0.3 is 25.1 Å². The number of aromatic nitrogens is 2. The van der Waals surface area contributed by atoms with Crippen molar-refractivity contribution >= 4 is 28.9 Å². The Balaban J connectivity index is 1.87. The molecule has 2 aromatic heterocycles. The molecule has 1 aliphatic rings.